The highest BCUT2D eigenvalue weighted by molar-refractivity contribution is 5.79. The van der Waals surface area contributed by atoms with E-state index in [1.807, 2.05) is 0 Å². The molecule has 1 aromatic rings. The third-order valence-corrected chi connectivity index (χ3v) is 2.83. The quantitative estimate of drug-likeness (QED) is 0.634. The first-order chi connectivity index (χ1) is 8.91. The second-order valence-corrected chi connectivity index (χ2v) is 4.30. The van der Waals surface area contributed by atoms with Crippen molar-refractivity contribution in [2.45, 2.75) is 31.4 Å². The van der Waals surface area contributed by atoms with E-state index in [2.05, 4.69) is 24.3 Å². The minimum absolute atomic E-state index is 0.302. The fraction of sp³-hybridized carbons (Fsp3) is 0.385. The van der Waals surface area contributed by atoms with Crippen LogP contribution in [0.4, 0.5) is 0 Å². The van der Waals surface area contributed by atoms with E-state index in [9.17, 15) is 9.59 Å². The minimum atomic E-state index is -1.79. The summed E-state index contributed by atoms with van der Waals surface area (Å²) >= 11 is 0. The van der Waals surface area contributed by atoms with Gasteiger partial charge in [-0.3, -0.25) is 4.79 Å². The van der Waals surface area contributed by atoms with Crippen molar-refractivity contribution in [1.29, 1.82) is 0 Å². The fourth-order valence-corrected chi connectivity index (χ4v) is 1.84. The molecule has 0 amide bonds. The lowest BCUT2D eigenvalue weighted by molar-refractivity contribution is -0.152. The largest absolute Gasteiger partial charge is 0.481 e. The van der Waals surface area contributed by atoms with Gasteiger partial charge in [0.25, 0.3) is 0 Å². The molecule has 0 bridgehead atoms. The Balaban J connectivity index is 0.000000192. The van der Waals surface area contributed by atoms with Crippen LogP contribution in [0.5, 0.6) is 0 Å². The Bertz CT molecular complexity index is 460. The molecule has 0 unspecified atom stereocenters. The Morgan fingerprint density at radius 2 is 1.95 bits per heavy atom. The molecule has 0 heterocycles. The number of carbonyl (C=O) groups is 2. The van der Waals surface area contributed by atoms with Crippen molar-refractivity contribution in [2.75, 3.05) is 0 Å². The van der Waals surface area contributed by atoms with E-state index in [4.69, 9.17) is 21.1 Å². The van der Waals surface area contributed by atoms with Crippen LogP contribution in [0, 0.1) is 0 Å². The molecule has 0 saturated heterocycles. The Labute approximate surface area is 110 Å². The average Bonchev–Trinajstić information content (AvgIpc) is 2.72. The molecular weight excluding hydrogens is 250 g/mol. The Kier molecular flexibility index (Phi) is 5.47. The number of carboxylic acid groups (broad SMARTS) is 2. The monoisotopic (exact) mass is 267 g/mol. The summed E-state index contributed by atoms with van der Waals surface area (Å²) in [5.41, 5.74) is 8.64. The molecule has 0 radical (unpaired) electrons. The van der Waals surface area contributed by atoms with Crippen LogP contribution in [-0.4, -0.2) is 33.4 Å². The zero-order valence-corrected chi connectivity index (χ0v) is 10.3. The van der Waals surface area contributed by atoms with Gasteiger partial charge in [0.1, 0.15) is 0 Å². The molecule has 6 nitrogen and oxygen atoms in total. The van der Waals surface area contributed by atoms with Gasteiger partial charge >= 0.3 is 11.9 Å². The lowest BCUT2D eigenvalue weighted by atomic mass is 10.1. The summed E-state index contributed by atoms with van der Waals surface area (Å²) < 4.78 is 0. The van der Waals surface area contributed by atoms with E-state index < -0.39 is 24.5 Å². The number of nitrogens with two attached hydrogens (primary N) is 1. The smallest absolute Gasteiger partial charge is 0.333 e. The number of aryl methyl sites for hydroxylation is 1. The molecule has 0 fully saturated rings. The highest BCUT2D eigenvalue weighted by Crippen LogP contribution is 2.28. The Morgan fingerprint density at radius 3 is 2.42 bits per heavy atom. The van der Waals surface area contributed by atoms with Crippen molar-refractivity contribution in [1.82, 2.24) is 0 Å². The van der Waals surface area contributed by atoms with Gasteiger partial charge in [-0.2, -0.15) is 0 Å². The molecule has 1 aromatic carbocycles. The van der Waals surface area contributed by atoms with Gasteiger partial charge in [0.05, 0.1) is 6.42 Å². The van der Waals surface area contributed by atoms with Crippen LogP contribution < -0.4 is 5.73 Å². The molecule has 1 aliphatic carbocycles. The summed E-state index contributed by atoms with van der Waals surface area (Å²) in [6, 6.07) is 8.74. The number of benzene rings is 1. The molecule has 0 aromatic heterocycles. The number of hydrogen-bond acceptors (Lipinski definition) is 4. The molecule has 6 heteroatoms. The van der Waals surface area contributed by atoms with Gasteiger partial charge in [0.2, 0.25) is 0 Å². The summed E-state index contributed by atoms with van der Waals surface area (Å²) in [7, 11) is 0. The first-order valence-electron chi connectivity index (χ1n) is 5.88. The zero-order valence-electron chi connectivity index (χ0n) is 10.3. The first-order valence-corrected chi connectivity index (χ1v) is 5.88. The molecule has 0 saturated carbocycles. The molecule has 2 rings (SSSR count). The highest BCUT2D eigenvalue weighted by Gasteiger charge is 2.17. The summed E-state index contributed by atoms with van der Waals surface area (Å²) in [5, 5.41) is 24.1. The molecule has 5 N–H and O–H groups in total. The maximum atomic E-state index is 9.72. The van der Waals surface area contributed by atoms with Gasteiger partial charge in [-0.1, -0.05) is 24.3 Å². The van der Waals surface area contributed by atoms with E-state index in [1.54, 1.807) is 0 Å². The second-order valence-electron chi connectivity index (χ2n) is 4.30. The topological polar surface area (TPSA) is 121 Å². The normalized spacial score (nSPS) is 17.9. The van der Waals surface area contributed by atoms with Crippen molar-refractivity contribution in [3.05, 3.63) is 35.4 Å². The van der Waals surface area contributed by atoms with E-state index in [-0.39, 0.29) is 0 Å². The molecule has 1 aliphatic rings. The molecule has 0 aliphatic heterocycles. The van der Waals surface area contributed by atoms with Crippen molar-refractivity contribution in [3.8, 4) is 0 Å². The van der Waals surface area contributed by atoms with E-state index in [0.29, 0.717) is 6.04 Å². The number of aliphatic carboxylic acids is 2. The number of aliphatic hydroxyl groups is 1. The molecule has 2 atom stereocenters. The lowest BCUT2D eigenvalue weighted by Gasteiger charge is -2.01. The third-order valence-electron chi connectivity index (χ3n) is 2.83. The Morgan fingerprint density at radius 1 is 1.32 bits per heavy atom. The third kappa shape index (κ3) is 4.69. The summed E-state index contributed by atoms with van der Waals surface area (Å²) in [4.78, 5) is 19.4. The second kappa shape index (κ2) is 6.86. The molecule has 19 heavy (non-hydrogen) atoms. The zero-order chi connectivity index (χ0) is 14.4. The van der Waals surface area contributed by atoms with E-state index in [1.165, 1.54) is 11.1 Å². The number of carboxylic acids is 2. The van der Waals surface area contributed by atoms with Gasteiger partial charge < -0.3 is 21.1 Å². The van der Waals surface area contributed by atoms with Gasteiger partial charge in [0, 0.05) is 6.04 Å². The fourth-order valence-electron chi connectivity index (χ4n) is 1.84. The molecule has 104 valence electrons. The summed E-state index contributed by atoms with van der Waals surface area (Å²) in [6.07, 6.45) is -0.256. The predicted octanol–water partition coefficient (Wildman–Crippen LogP) is 0.539. The van der Waals surface area contributed by atoms with Crippen LogP contribution in [0.1, 0.15) is 30.0 Å². The van der Waals surface area contributed by atoms with E-state index in [0.717, 1.165) is 12.8 Å². The number of fused-ring (bicyclic) bond motifs is 1. The SMILES string of the molecule is N[C@H]1CCc2ccccc21.O=C(O)C[C@H](O)C(=O)O. The minimum Gasteiger partial charge on any atom is -0.481 e. The summed E-state index contributed by atoms with van der Waals surface area (Å²) in [5.74, 6) is -2.85. The molecule has 0 spiro atoms. The average molecular weight is 267 g/mol. The Hall–Kier alpha value is -1.92. The van der Waals surface area contributed by atoms with Gasteiger partial charge in [-0.25, -0.2) is 4.79 Å². The summed E-state index contributed by atoms with van der Waals surface area (Å²) in [6.45, 7) is 0. The van der Waals surface area contributed by atoms with E-state index >= 15 is 0 Å². The van der Waals surface area contributed by atoms with Crippen LogP contribution in [0.2, 0.25) is 0 Å². The van der Waals surface area contributed by atoms with Gasteiger partial charge in [0.15, 0.2) is 6.10 Å². The highest BCUT2D eigenvalue weighted by atomic mass is 16.4. The van der Waals surface area contributed by atoms with Crippen molar-refractivity contribution in [2.24, 2.45) is 5.73 Å². The number of rotatable bonds is 3. The first kappa shape index (κ1) is 15.1. The predicted molar refractivity (Wildman–Crippen MR) is 67.6 cm³/mol. The number of hydrogen-bond donors (Lipinski definition) is 4. The number of aliphatic hydroxyl groups excluding tert-OH is 1. The molecular formula is C13H17NO5. The van der Waals surface area contributed by atoms with Gasteiger partial charge in [-0.05, 0) is 24.0 Å². The maximum absolute atomic E-state index is 9.72. The van der Waals surface area contributed by atoms with Crippen LogP contribution in [-0.2, 0) is 16.0 Å². The van der Waals surface area contributed by atoms with Crippen molar-refractivity contribution in [3.63, 3.8) is 0 Å². The van der Waals surface area contributed by atoms with Crippen LogP contribution in [0.25, 0.3) is 0 Å². The van der Waals surface area contributed by atoms with Gasteiger partial charge in [-0.15, -0.1) is 0 Å². The van der Waals surface area contributed by atoms with Crippen molar-refractivity contribution >= 4 is 11.9 Å². The maximum Gasteiger partial charge on any atom is 0.333 e. The van der Waals surface area contributed by atoms with Crippen LogP contribution in [0.15, 0.2) is 24.3 Å². The standard InChI is InChI=1S/C9H11N.C4H6O5/c10-9-6-5-7-3-1-2-4-8(7)9;5-2(4(8)9)1-3(6)7/h1-4,9H,5-6,10H2;2,5H,1H2,(H,6,7)(H,8,9)/t9-;2-/m00/s1. The van der Waals surface area contributed by atoms with Crippen LogP contribution >= 0.6 is 0 Å². The van der Waals surface area contributed by atoms with Crippen molar-refractivity contribution < 1.29 is 24.9 Å². The lowest BCUT2D eigenvalue weighted by Crippen LogP contribution is -2.22. The van der Waals surface area contributed by atoms with Crippen LogP contribution in [0.3, 0.4) is 0 Å².